The maximum Gasteiger partial charge on any atom is 0.100 e. The lowest BCUT2D eigenvalue weighted by Crippen LogP contribution is -1.87. The van der Waals surface area contributed by atoms with Gasteiger partial charge in [-0.3, -0.25) is 0 Å². The highest BCUT2D eigenvalue weighted by molar-refractivity contribution is 5.15. The number of aliphatic hydroxyl groups is 1. The summed E-state index contributed by atoms with van der Waals surface area (Å²) in [7, 11) is 0. The fourth-order valence-corrected chi connectivity index (χ4v) is 0.601. The minimum atomic E-state index is -0.150. The van der Waals surface area contributed by atoms with E-state index < -0.39 is 0 Å². The van der Waals surface area contributed by atoms with Crippen LogP contribution < -0.4 is 0 Å². The lowest BCUT2D eigenvalue weighted by molar-refractivity contribution is 0.377. The molecule has 0 aromatic carbocycles. The van der Waals surface area contributed by atoms with Gasteiger partial charge < -0.3 is 5.11 Å². The second kappa shape index (κ2) is 5.03. The molecule has 0 atom stereocenters. The van der Waals surface area contributed by atoms with Crippen molar-refractivity contribution in [2.75, 3.05) is 0 Å². The van der Waals surface area contributed by atoms with Crippen molar-refractivity contribution < 1.29 is 9.50 Å². The molecule has 0 radical (unpaired) electrons. The van der Waals surface area contributed by atoms with Crippen molar-refractivity contribution in [2.24, 2.45) is 0 Å². The normalized spacial score (nSPS) is 16.3. The van der Waals surface area contributed by atoms with Crippen molar-refractivity contribution >= 4 is 0 Å². The van der Waals surface area contributed by atoms with Crippen molar-refractivity contribution in [3.05, 3.63) is 23.7 Å². The van der Waals surface area contributed by atoms with Gasteiger partial charge in [-0.15, -0.1) is 0 Å². The average Bonchev–Trinajstić information content (AvgIpc) is 2.00. The third-order valence-corrected chi connectivity index (χ3v) is 1.08. The maximum absolute atomic E-state index is 12.1. The quantitative estimate of drug-likeness (QED) is 0.553. The van der Waals surface area contributed by atoms with Gasteiger partial charge in [-0.25, -0.2) is 4.39 Å². The zero-order valence-electron chi connectivity index (χ0n) is 6.39. The van der Waals surface area contributed by atoms with E-state index in [1.54, 1.807) is 0 Å². The molecule has 1 N–H and O–H groups in total. The third-order valence-electron chi connectivity index (χ3n) is 1.08. The van der Waals surface area contributed by atoms with E-state index in [-0.39, 0.29) is 11.6 Å². The molecule has 58 valence electrons. The van der Waals surface area contributed by atoms with Gasteiger partial charge in [-0.1, -0.05) is 13.8 Å². The first kappa shape index (κ1) is 9.21. The summed E-state index contributed by atoms with van der Waals surface area (Å²) in [5, 5.41) is 8.68. The Kier molecular flexibility index (Phi) is 4.63. The van der Waals surface area contributed by atoms with E-state index in [9.17, 15) is 4.39 Å². The maximum atomic E-state index is 12.1. The molecule has 1 aliphatic carbocycles. The van der Waals surface area contributed by atoms with Crippen molar-refractivity contribution in [2.45, 2.75) is 26.7 Å². The lowest BCUT2D eigenvalue weighted by Gasteiger charge is -2.01. The Hall–Kier alpha value is -0.790. The minimum absolute atomic E-state index is 0.150. The van der Waals surface area contributed by atoms with Crippen molar-refractivity contribution in [3.63, 3.8) is 0 Å². The molecule has 0 unspecified atom stereocenters. The van der Waals surface area contributed by atoms with E-state index in [1.165, 1.54) is 12.2 Å². The summed E-state index contributed by atoms with van der Waals surface area (Å²) < 4.78 is 12.1. The van der Waals surface area contributed by atoms with Crippen LogP contribution in [0.15, 0.2) is 23.7 Å². The topological polar surface area (TPSA) is 20.2 Å². The summed E-state index contributed by atoms with van der Waals surface area (Å²) >= 11 is 0. The van der Waals surface area contributed by atoms with E-state index in [1.807, 2.05) is 13.8 Å². The number of allylic oxidation sites excluding steroid dienone is 4. The molecule has 1 nitrogen and oxygen atoms in total. The minimum Gasteiger partial charge on any atom is -0.512 e. The number of hydrogen-bond donors (Lipinski definition) is 1. The smallest absolute Gasteiger partial charge is 0.100 e. The van der Waals surface area contributed by atoms with E-state index >= 15 is 0 Å². The highest BCUT2D eigenvalue weighted by Gasteiger charge is 2.01. The zero-order chi connectivity index (χ0) is 7.98. The van der Waals surface area contributed by atoms with E-state index in [0.29, 0.717) is 12.8 Å². The van der Waals surface area contributed by atoms with Crippen LogP contribution in [0.25, 0.3) is 0 Å². The van der Waals surface area contributed by atoms with Crippen LogP contribution >= 0.6 is 0 Å². The van der Waals surface area contributed by atoms with Gasteiger partial charge in [-0.2, -0.15) is 0 Å². The molecule has 0 bridgehead atoms. The highest BCUT2D eigenvalue weighted by Crippen LogP contribution is 2.16. The Balaban J connectivity index is 0.000000371. The SMILES string of the molecule is CC.OC1=CC=C(F)CC1. The average molecular weight is 144 g/mol. The number of hydrogen-bond acceptors (Lipinski definition) is 1. The predicted octanol–water partition coefficient (Wildman–Crippen LogP) is 3.10. The molecule has 1 rings (SSSR count). The monoisotopic (exact) mass is 144 g/mol. The Bertz CT molecular complexity index is 129. The standard InChI is InChI=1S/C6H7FO.C2H6/c7-5-1-3-6(8)4-2-5;1-2/h1,3,8H,2,4H2;1-2H3. The first-order valence-electron chi connectivity index (χ1n) is 3.53. The fourth-order valence-electron chi connectivity index (χ4n) is 0.601. The molecule has 1 aliphatic rings. The predicted molar refractivity (Wildman–Crippen MR) is 40.5 cm³/mol. The van der Waals surface area contributed by atoms with Gasteiger partial charge in [0.1, 0.15) is 5.83 Å². The van der Waals surface area contributed by atoms with Crippen LogP contribution in [0, 0.1) is 0 Å². The summed E-state index contributed by atoms with van der Waals surface area (Å²) in [5.41, 5.74) is 0. The van der Waals surface area contributed by atoms with Gasteiger partial charge in [0.15, 0.2) is 0 Å². The lowest BCUT2D eigenvalue weighted by atomic mass is 10.1. The molecule has 0 spiro atoms. The first-order chi connectivity index (χ1) is 4.79. The summed E-state index contributed by atoms with van der Waals surface area (Å²) in [5.74, 6) is 0.120. The second-order valence-electron chi connectivity index (χ2n) is 1.77. The fraction of sp³-hybridized carbons (Fsp3) is 0.500. The largest absolute Gasteiger partial charge is 0.512 e. The highest BCUT2D eigenvalue weighted by atomic mass is 19.1. The molecule has 0 saturated carbocycles. The molecule has 10 heavy (non-hydrogen) atoms. The number of aliphatic hydroxyl groups excluding tert-OH is 1. The molecular formula is C8H13FO. The summed E-state index contributed by atoms with van der Waals surface area (Å²) in [4.78, 5) is 0. The molecule has 0 saturated heterocycles. The Morgan fingerprint density at radius 1 is 1.30 bits per heavy atom. The Labute approximate surface area is 60.9 Å². The van der Waals surface area contributed by atoms with Gasteiger partial charge in [0.25, 0.3) is 0 Å². The molecule has 0 amide bonds. The van der Waals surface area contributed by atoms with Gasteiger partial charge in [0, 0.05) is 12.8 Å². The van der Waals surface area contributed by atoms with E-state index in [2.05, 4.69) is 0 Å². The van der Waals surface area contributed by atoms with Gasteiger partial charge in [-0.05, 0) is 12.2 Å². The molecule has 0 fully saturated rings. The summed E-state index contributed by atoms with van der Waals surface area (Å²) in [6.45, 7) is 4.00. The van der Waals surface area contributed by atoms with Crippen molar-refractivity contribution in [1.82, 2.24) is 0 Å². The van der Waals surface area contributed by atoms with E-state index in [0.717, 1.165) is 0 Å². The van der Waals surface area contributed by atoms with E-state index in [4.69, 9.17) is 5.11 Å². The zero-order valence-corrected chi connectivity index (χ0v) is 6.39. The van der Waals surface area contributed by atoms with Crippen molar-refractivity contribution in [1.29, 1.82) is 0 Å². The molecule has 0 aliphatic heterocycles. The van der Waals surface area contributed by atoms with Crippen LogP contribution in [0.2, 0.25) is 0 Å². The Morgan fingerprint density at radius 3 is 2.20 bits per heavy atom. The van der Waals surface area contributed by atoms with Gasteiger partial charge in [0.05, 0.1) is 5.76 Å². The third kappa shape index (κ3) is 3.28. The number of rotatable bonds is 0. The molecule has 0 aromatic heterocycles. The second-order valence-corrected chi connectivity index (χ2v) is 1.77. The molecule has 0 aromatic rings. The first-order valence-corrected chi connectivity index (χ1v) is 3.53. The van der Waals surface area contributed by atoms with Crippen molar-refractivity contribution in [3.8, 4) is 0 Å². The van der Waals surface area contributed by atoms with Gasteiger partial charge in [0.2, 0.25) is 0 Å². The summed E-state index contributed by atoms with van der Waals surface area (Å²) in [6, 6.07) is 0. The van der Waals surface area contributed by atoms with Crippen LogP contribution in [0.5, 0.6) is 0 Å². The van der Waals surface area contributed by atoms with Crippen LogP contribution in [0.1, 0.15) is 26.7 Å². The number of halogens is 1. The molecule has 2 heteroatoms. The van der Waals surface area contributed by atoms with Gasteiger partial charge >= 0.3 is 0 Å². The van der Waals surface area contributed by atoms with Crippen LogP contribution in [-0.4, -0.2) is 5.11 Å². The molecule has 0 heterocycles. The van der Waals surface area contributed by atoms with Crippen LogP contribution in [-0.2, 0) is 0 Å². The Morgan fingerprint density at radius 2 is 1.90 bits per heavy atom. The van der Waals surface area contributed by atoms with Crippen LogP contribution in [0.4, 0.5) is 4.39 Å². The molecular weight excluding hydrogens is 131 g/mol. The van der Waals surface area contributed by atoms with Crippen LogP contribution in [0.3, 0.4) is 0 Å². The summed E-state index contributed by atoms with van der Waals surface area (Å²) in [6.07, 6.45) is 3.47.